The summed E-state index contributed by atoms with van der Waals surface area (Å²) in [4.78, 5) is 13.0. The first-order valence-electron chi connectivity index (χ1n) is 10.7. The van der Waals surface area contributed by atoms with E-state index in [2.05, 4.69) is 25.2 Å². The van der Waals surface area contributed by atoms with Crippen LogP contribution in [0.25, 0.3) is 0 Å². The van der Waals surface area contributed by atoms with E-state index in [1.807, 2.05) is 19.1 Å². The average Bonchev–Trinajstić information content (AvgIpc) is 2.79. The molecule has 0 saturated carbocycles. The van der Waals surface area contributed by atoms with Crippen molar-refractivity contribution in [2.75, 3.05) is 16.2 Å². The maximum absolute atomic E-state index is 13.5. The van der Waals surface area contributed by atoms with Gasteiger partial charge in [-0.05, 0) is 60.4 Å². The Balaban J connectivity index is 1.90. The molecule has 0 heterocycles. The van der Waals surface area contributed by atoms with E-state index in [0.29, 0.717) is 17.3 Å². The van der Waals surface area contributed by atoms with Gasteiger partial charge >= 0.3 is 0 Å². The second kappa shape index (κ2) is 10.3. The monoisotopic (exact) mass is 461 g/mol. The van der Waals surface area contributed by atoms with Crippen LogP contribution in [0.1, 0.15) is 36.5 Å². The third kappa shape index (κ3) is 5.99. The molecule has 33 heavy (non-hydrogen) atoms. The number of rotatable bonds is 8. The normalized spacial score (nSPS) is 11.1. The van der Waals surface area contributed by atoms with Crippen molar-refractivity contribution in [3.05, 3.63) is 89.5 Å². The van der Waals surface area contributed by atoms with E-state index in [9.17, 15) is 13.2 Å². The molecule has 0 spiro atoms. The van der Waals surface area contributed by atoms with Gasteiger partial charge in [0.25, 0.3) is 10.0 Å². The zero-order valence-electron chi connectivity index (χ0n) is 18.9. The van der Waals surface area contributed by atoms with E-state index >= 15 is 0 Å². The van der Waals surface area contributed by atoms with Crippen LogP contribution in [0.3, 0.4) is 0 Å². The summed E-state index contributed by atoms with van der Waals surface area (Å²) in [5.41, 5.74) is 3.81. The minimum Gasteiger partial charge on any atom is -0.325 e. The summed E-state index contributed by atoms with van der Waals surface area (Å²) in [7, 11) is -3.97. The fourth-order valence-electron chi connectivity index (χ4n) is 3.31. The summed E-state index contributed by atoms with van der Waals surface area (Å²) in [6, 6.07) is 22.7. The highest BCUT2D eigenvalue weighted by molar-refractivity contribution is 7.92. The van der Waals surface area contributed by atoms with Crippen LogP contribution in [-0.4, -0.2) is 20.9 Å². The second-order valence-electron chi connectivity index (χ2n) is 8.15. The van der Waals surface area contributed by atoms with E-state index < -0.39 is 15.9 Å². The van der Waals surface area contributed by atoms with E-state index in [0.717, 1.165) is 21.0 Å². The molecule has 0 fully saturated rings. The van der Waals surface area contributed by atoms with Crippen molar-refractivity contribution in [2.24, 2.45) is 0 Å². The number of anilines is 2. The minimum atomic E-state index is -3.97. The third-order valence-electron chi connectivity index (χ3n) is 5.26. The molecule has 0 saturated heterocycles. The first-order valence-corrected chi connectivity index (χ1v) is 12.1. The van der Waals surface area contributed by atoms with Gasteiger partial charge in [0, 0.05) is 5.69 Å². The Morgan fingerprint density at radius 2 is 1.58 bits per heavy atom. The minimum absolute atomic E-state index is 0.120. The molecular formula is C26H27N3O3S. The molecule has 0 aliphatic rings. The summed E-state index contributed by atoms with van der Waals surface area (Å²) in [6.07, 6.45) is 0.281. The van der Waals surface area contributed by atoms with E-state index in [-0.39, 0.29) is 17.9 Å². The van der Waals surface area contributed by atoms with Gasteiger partial charge in [0.2, 0.25) is 5.91 Å². The molecular weight excluding hydrogens is 434 g/mol. The van der Waals surface area contributed by atoms with Crippen molar-refractivity contribution in [2.45, 2.75) is 38.0 Å². The molecule has 0 unspecified atom stereocenters. The van der Waals surface area contributed by atoms with Crippen LogP contribution in [0.15, 0.2) is 77.7 Å². The first kappa shape index (κ1) is 24.0. The van der Waals surface area contributed by atoms with Crippen molar-refractivity contribution >= 4 is 27.3 Å². The number of benzene rings is 3. The second-order valence-corrected chi connectivity index (χ2v) is 10.0. The van der Waals surface area contributed by atoms with Crippen LogP contribution in [0.5, 0.6) is 0 Å². The number of amides is 1. The Labute approximate surface area is 195 Å². The quantitative estimate of drug-likeness (QED) is 0.510. The molecule has 3 rings (SSSR count). The summed E-state index contributed by atoms with van der Waals surface area (Å²) in [5.74, 6) is -0.167. The van der Waals surface area contributed by atoms with E-state index in [1.54, 1.807) is 60.7 Å². The van der Waals surface area contributed by atoms with Gasteiger partial charge in [-0.15, -0.1) is 0 Å². The Bertz CT molecular complexity index is 1240. The number of nitrogens with one attached hydrogen (secondary N) is 1. The van der Waals surface area contributed by atoms with Crippen molar-refractivity contribution < 1.29 is 13.2 Å². The maximum Gasteiger partial charge on any atom is 0.264 e. The molecule has 0 aliphatic heterocycles. The highest BCUT2D eigenvalue weighted by atomic mass is 32.2. The molecule has 0 aliphatic carbocycles. The standard InChI is InChI=1S/C26H27N3O3S/c1-19(2)22-8-12-24(13-9-22)29(33(31,32)25-14-4-20(3)5-15-25)18-26(30)28-23-10-6-21(7-11-23)16-17-27/h4-15,19H,16,18H2,1-3H3,(H,28,30). The number of nitrogens with zero attached hydrogens (tertiary/aromatic N) is 2. The summed E-state index contributed by atoms with van der Waals surface area (Å²) >= 11 is 0. The zero-order valence-corrected chi connectivity index (χ0v) is 19.8. The molecule has 0 bridgehead atoms. The molecule has 0 atom stereocenters. The highest BCUT2D eigenvalue weighted by Gasteiger charge is 2.27. The van der Waals surface area contributed by atoms with Crippen molar-refractivity contribution in [3.63, 3.8) is 0 Å². The van der Waals surface area contributed by atoms with Gasteiger partial charge in [-0.1, -0.05) is 55.8 Å². The van der Waals surface area contributed by atoms with Crippen LogP contribution in [0.2, 0.25) is 0 Å². The molecule has 6 nitrogen and oxygen atoms in total. The Morgan fingerprint density at radius 1 is 0.970 bits per heavy atom. The number of sulfonamides is 1. The Morgan fingerprint density at radius 3 is 2.12 bits per heavy atom. The number of carbonyl (C=O) groups excluding carboxylic acids is 1. The van der Waals surface area contributed by atoms with Crippen molar-refractivity contribution in [1.82, 2.24) is 0 Å². The maximum atomic E-state index is 13.5. The lowest BCUT2D eigenvalue weighted by Gasteiger charge is -2.24. The van der Waals surface area contributed by atoms with Gasteiger partial charge in [-0.25, -0.2) is 8.42 Å². The fourth-order valence-corrected chi connectivity index (χ4v) is 4.73. The molecule has 170 valence electrons. The average molecular weight is 462 g/mol. The van der Waals surface area contributed by atoms with Crippen LogP contribution in [-0.2, 0) is 21.2 Å². The SMILES string of the molecule is Cc1ccc(S(=O)(=O)N(CC(=O)Nc2ccc(CC#N)cc2)c2ccc(C(C)C)cc2)cc1. The highest BCUT2D eigenvalue weighted by Crippen LogP contribution is 2.26. The predicted octanol–water partition coefficient (Wildman–Crippen LogP) is 5.02. The van der Waals surface area contributed by atoms with Gasteiger partial charge in [0.1, 0.15) is 6.54 Å². The van der Waals surface area contributed by atoms with Crippen LogP contribution in [0.4, 0.5) is 11.4 Å². The number of carbonyl (C=O) groups is 1. The lowest BCUT2D eigenvalue weighted by Crippen LogP contribution is -2.38. The fraction of sp³-hybridized carbons (Fsp3) is 0.231. The van der Waals surface area contributed by atoms with Gasteiger partial charge in [-0.3, -0.25) is 9.10 Å². The Hall–Kier alpha value is -3.63. The van der Waals surface area contributed by atoms with Crippen LogP contribution < -0.4 is 9.62 Å². The number of nitriles is 1. The summed E-state index contributed by atoms with van der Waals surface area (Å²) in [5, 5.41) is 11.5. The zero-order chi connectivity index (χ0) is 24.0. The molecule has 1 amide bonds. The van der Waals surface area contributed by atoms with Gasteiger partial charge < -0.3 is 5.32 Å². The summed E-state index contributed by atoms with van der Waals surface area (Å²) < 4.78 is 28.1. The van der Waals surface area contributed by atoms with Gasteiger partial charge in [0.15, 0.2) is 0 Å². The van der Waals surface area contributed by atoms with E-state index in [4.69, 9.17) is 5.26 Å². The molecule has 7 heteroatoms. The van der Waals surface area contributed by atoms with Crippen molar-refractivity contribution in [3.8, 4) is 6.07 Å². The molecule has 0 radical (unpaired) electrons. The summed E-state index contributed by atoms with van der Waals surface area (Å²) in [6.45, 7) is 5.63. The molecule has 3 aromatic rings. The largest absolute Gasteiger partial charge is 0.325 e. The van der Waals surface area contributed by atoms with E-state index in [1.165, 1.54) is 0 Å². The third-order valence-corrected chi connectivity index (χ3v) is 7.05. The number of aryl methyl sites for hydroxylation is 1. The first-order chi connectivity index (χ1) is 15.7. The topological polar surface area (TPSA) is 90.3 Å². The Kier molecular flexibility index (Phi) is 7.52. The number of hydrogen-bond acceptors (Lipinski definition) is 4. The number of hydrogen-bond donors (Lipinski definition) is 1. The van der Waals surface area contributed by atoms with Crippen LogP contribution >= 0.6 is 0 Å². The molecule has 1 N–H and O–H groups in total. The smallest absolute Gasteiger partial charge is 0.264 e. The van der Waals surface area contributed by atoms with Gasteiger partial charge in [0.05, 0.1) is 23.1 Å². The molecule has 3 aromatic carbocycles. The predicted molar refractivity (Wildman–Crippen MR) is 131 cm³/mol. The van der Waals surface area contributed by atoms with Gasteiger partial charge in [-0.2, -0.15) is 5.26 Å². The van der Waals surface area contributed by atoms with Crippen LogP contribution in [0, 0.1) is 18.3 Å². The lowest BCUT2D eigenvalue weighted by molar-refractivity contribution is -0.114. The lowest BCUT2D eigenvalue weighted by atomic mass is 10.0. The van der Waals surface area contributed by atoms with Crippen molar-refractivity contribution in [1.29, 1.82) is 5.26 Å². The molecule has 0 aromatic heterocycles.